The Morgan fingerprint density at radius 3 is 2.62 bits per heavy atom. The summed E-state index contributed by atoms with van der Waals surface area (Å²) in [6.07, 6.45) is 7.21. The van der Waals surface area contributed by atoms with Gasteiger partial charge in [0.25, 0.3) is 5.69 Å². The summed E-state index contributed by atoms with van der Waals surface area (Å²) in [6, 6.07) is 0. The Kier molecular flexibility index (Phi) is 5.16. The molecule has 0 atom stereocenters. The predicted molar refractivity (Wildman–Crippen MR) is 84.5 cm³/mol. The second-order valence-electron chi connectivity index (χ2n) is 5.68. The van der Waals surface area contributed by atoms with E-state index < -0.39 is 10.5 Å². The van der Waals surface area contributed by atoms with E-state index in [-0.39, 0.29) is 5.69 Å². The molecule has 2 N–H and O–H groups in total. The molecule has 1 aromatic rings. The van der Waals surface area contributed by atoms with Gasteiger partial charge in [-0.25, -0.2) is 4.98 Å². The quantitative estimate of drug-likeness (QED) is 0.488. The van der Waals surface area contributed by atoms with Crippen molar-refractivity contribution in [3.8, 4) is 0 Å². The van der Waals surface area contributed by atoms with E-state index in [2.05, 4.69) is 26.2 Å². The molecule has 0 radical (unpaired) electrons. The highest BCUT2D eigenvalue weighted by molar-refractivity contribution is 9.10. The van der Waals surface area contributed by atoms with Crippen LogP contribution in [0.5, 0.6) is 0 Å². The number of rotatable bonds is 4. The predicted octanol–water partition coefficient (Wildman–Crippen LogP) is 3.56. The summed E-state index contributed by atoms with van der Waals surface area (Å²) in [4.78, 5) is 14.5. The van der Waals surface area contributed by atoms with Gasteiger partial charge in [0.15, 0.2) is 0 Å². The first-order valence-corrected chi connectivity index (χ1v) is 7.98. The van der Waals surface area contributed by atoms with Crippen molar-refractivity contribution in [1.29, 1.82) is 0 Å². The molecule has 116 valence electrons. The molecule has 0 amide bonds. The van der Waals surface area contributed by atoms with Crippen molar-refractivity contribution in [2.24, 2.45) is 0 Å². The van der Waals surface area contributed by atoms with Crippen LogP contribution in [0.1, 0.15) is 44.1 Å². The molecule has 0 spiro atoms. The van der Waals surface area contributed by atoms with Crippen LogP contribution in [0.2, 0.25) is 0 Å². The Labute approximate surface area is 132 Å². The van der Waals surface area contributed by atoms with Gasteiger partial charge in [-0.1, -0.05) is 25.7 Å². The molecular weight excluding hydrogens is 338 g/mol. The maximum Gasteiger partial charge on any atom is 0.291 e. The molecule has 0 aromatic carbocycles. The zero-order chi connectivity index (χ0) is 15.5. The Morgan fingerprint density at radius 2 is 2.05 bits per heavy atom. The third-order valence-corrected chi connectivity index (χ3v) is 5.02. The van der Waals surface area contributed by atoms with Gasteiger partial charge in [0.1, 0.15) is 12.0 Å². The van der Waals surface area contributed by atoms with Gasteiger partial charge in [-0.2, -0.15) is 0 Å². The standard InChI is InChI=1S/C14H20BrN3O3/c1-10-11(18(20)21)8-16-13(12(10)15)17-9-14(19)6-4-2-3-5-7-14/h8,19H,2-7,9H2,1H3,(H,16,17). The lowest BCUT2D eigenvalue weighted by Gasteiger charge is -2.27. The molecule has 21 heavy (non-hydrogen) atoms. The summed E-state index contributed by atoms with van der Waals surface area (Å²) >= 11 is 3.35. The summed E-state index contributed by atoms with van der Waals surface area (Å²) in [5.41, 5.74) is -0.196. The van der Waals surface area contributed by atoms with Crippen LogP contribution in [0, 0.1) is 17.0 Å². The summed E-state index contributed by atoms with van der Waals surface area (Å²) in [7, 11) is 0. The number of nitrogens with one attached hydrogen (secondary N) is 1. The lowest BCUT2D eigenvalue weighted by atomic mass is 9.94. The third-order valence-electron chi connectivity index (χ3n) is 4.05. The van der Waals surface area contributed by atoms with Gasteiger partial charge in [0, 0.05) is 12.1 Å². The Bertz CT molecular complexity index is 528. The molecular formula is C14H20BrN3O3. The summed E-state index contributed by atoms with van der Waals surface area (Å²) in [6.45, 7) is 2.09. The fourth-order valence-corrected chi connectivity index (χ4v) is 3.13. The number of nitro groups is 1. The largest absolute Gasteiger partial charge is 0.388 e. The van der Waals surface area contributed by atoms with Crippen molar-refractivity contribution < 1.29 is 10.0 Å². The van der Waals surface area contributed by atoms with Gasteiger partial charge in [0.05, 0.1) is 15.0 Å². The molecule has 1 aromatic heterocycles. The van der Waals surface area contributed by atoms with Crippen LogP contribution in [0.4, 0.5) is 11.5 Å². The van der Waals surface area contributed by atoms with E-state index in [1.165, 1.54) is 19.0 Å². The number of nitrogens with zero attached hydrogens (tertiary/aromatic N) is 2. The zero-order valence-corrected chi connectivity index (χ0v) is 13.6. The molecule has 0 saturated heterocycles. The van der Waals surface area contributed by atoms with E-state index in [1.54, 1.807) is 6.92 Å². The maximum atomic E-state index is 10.9. The lowest BCUT2D eigenvalue weighted by Crippen LogP contribution is -2.36. The number of hydrogen-bond donors (Lipinski definition) is 2. The SMILES string of the molecule is Cc1c([N+](=O)[O-])cnc(NCC2(O)CCCCCC2)c1Br. The van der Waals surface area contributed by atoms with E-state index in [0.29, 0.717) is 22.4 Å². The third kappa shape index (κ3) is 3.91. The first-order valence-electron chi connectivity index (χ1n) is 7.19. The van der Waals surface area contributed by atoms with Gasteiger partial charge < -0.3 is 10.4 Å². The van der Waals surface area contributed by atoms with Crippen LogP contribution in [-0.2, 0) is 0 Å². The minimum absolute atomic E-state index is 0.0133. The van der Waals surface area contributed by atoms with Crippen LogP contribution in [0.25, 0.3) is 0 Å². The summed E-state index contributed by atoms with van der Waals surface area (Å²) < 4.78 is 0.578. The molecule has 7 heteroatoms. The van der Waals surface area contributed by atoms with Crippen LogP contribution >= 0.6 is 15.9 Å². The smallest absolute Gasteiger partial charge is 0.291 e. The normalized spacial score (nSPS) is 18.0. The van der Waals surface area contributed by atoms with E-state index >= 15 is 0 Å². The molecule has 1 aliphatic rings. The number of aromatic nitrogens is 1. The van der Waals surface area contributed by atoms with Gasteiger partial charge in [-0.3, -0.25) is 10.1 Å². The molecule has 1 aliphatic carbocycles. The first-order chi connectivity index (χ1) is 9.93. The number of halogens is 1. The second kappa shape index (κ2) is 6.70. The fourth-order valence-electron chi connectivity index (χ4n) is 2.69. The Morgan fingerprint density at radius 1 is 1.43 bits per heavy atom. The molecule has 1 fully saturated rings. The van der Waals surface area contributed by atoms with Crippen LogP contribution in [-0.4, -0.2) is 27.2 Å². The van der Waals surface area contributed by atoms with Crippen molar-refractivity contribution in [1.82, 2.24) is 4.98 Å². The van der Waals surface area contributed by atoms with Crippen molar-refractivity contribution in [3.63, 3.8) is 0 Å². The first kappa shape index (κ1) is 16.2. The summed E-state index contributed by atoms with van der Waals surface area (Å²) in [5.74, 6) is 0.538. The van der Waals surface area contributed by atoms with Crippen molar-refractivity contribution in [3.05, 3.63) is 26.3 Å². The van der Waals surface area contributed by atoms with Gasteiger partial charge in [-0.05, 0) is 35.7 Å². The monoisotopic (exact) mass is 357 g/mol. The lowest BCUT2D eigenvalue weighted by molar-refractivity contribution is -0.385. The number of pyridine rings is 1. The minimum atomic E-state index is -0.715. The van der Waals surface area contributed by atoms with Gasteiger partial charge in [-0.15, -0.1) is 0 Å². The molecule has 0 bridgehead atoms. The topological polar surface area (TPSA) is 88.3 Å². The maximum absolute atomic E-state index is 10.9. The minimum Gasteiger partial charge on any atom is -0.388 e. The molecule has 6 nitrogen and oxygen atoms in total. The molecule has 1 saturated carbocycles. The average Bonchev–Trinajstić information content (AvgIpc) is 2.65. The highest BCUT2D eigenvalue weighted by atomic mass is 79.9. The number of aliphatic hydroxyl groups is 1. The highest BCUT2D eigenvalue weighted by Gasteiger charge is 2.28. The van der Waals surface area contributed by atoms with Gasteiger partial charge in [0.2, 0.25) is 0 Å². The number of hydrogen-bond acceptors (Lipinski definition) is 5. The Balaban J connectivity index is 2.09. The van der Waals surface area contributed by atoms with E-state index in [0.717, 1.165) is 25.7 Å². The molecule has 0 aliphatic heterocycles. The fraction of sp³-hybridized carbons (Fsp3) is 0.643. The number of anilines is 1. The van der Waals surface area contributed by atoms with Crippen molar-refractivity contribution >= 4 is 27.4 Å². The highest BCUT2D eigenvalue weighted by Crippen LogP contribution is 2.32. The second-order valence-corrected chi connectivity index (χ2v) is 6.47. The van der Waals surface area contributed by atoms with Crippen LogP contribution in [0.3, 0.4) is 0 Å². The van der Waals surface area contributed by atoms with Crippen LogP contribution in [0.15, 0.2) is 10.7 Å². The van der Waals surface area contributed by atoms with Crippen molar-refractivity contribution in [2.45, 2.75) is 51.0 Å². The van der Waals surface area contributed by atoms with E-state index in [1.807, 2.05) is 0 Å². The molecule has 0 unspecified atom stereocenters. The van der Waals surface area contributed by atoms with Crippen molar-refractivity contribution in [2.75, 3.05) is 11.9 Å². The van der Waals surface area contributed by atoms with E-state index in [9.17, 15) is 15.2 Å². The van der Waals surface area contributed by atoms with Gasteiger partial charge >= 0.3 is 0 Å². The zero-order valence-electron chi connectivity index (χ0n) is 12.1. The molecule has 1 heterocycles. The molecule has 2 rings (SSSR count). The average molecular weight is 358 g/mol. The Hall–Kier alpha value is -1.21. The van der Waals surface area contributed by atoms with E-state index in [4.69, 9.17) is 0 Å². The van der Waals surface area contributed by atoms with Crippen LogP contribution < -0.4 is 5.32 Å². The summed E-state index contributed by atoms with van der Waals surface area (Å²) in [5, 5.41) is 24.6.